The van der Waals surface area contributed by atoms with E-state index >= 15 is 0 Å². The zero-order valence-electron chi connectivity index (χ0n) is 27.7. The van der Waals surface area contributed by atoms with Crippen LogP contribution in [-0.4, -0.2) is 81.2 Å². The van der Waals surface area contributed by atoms with Crippen molar-refractivity contribution < 1.29 is 23.1 Å². The summed E-state index contributed by atoms with van der Waals surface area (Å²) in [5.41, 5.74) is 9.83. The number of carbonyl (C=O) groups is 2. The Balaban J connectivity index is 1.19. The highest BCUT2D eigenvalue weighted by molar-refractivity contribution is 6.00. The van der Waals surface area contributed by atoms with Gasteiger partial charge in [0.2, 0.25) is 0 Å². The fourth-order valence-corrected chi connectivity index (χ4v) is 7.49. The van der Waals surface area contributed by atoms with Gasteiger partial charge in [-0.3, -0.25) is 9.59 Å². The Morgan fingerprint density at radius 2 is 1.72 bits per heavy atom. The summed E-state index contributed by atoms with van der Waals surface area (Å²) in [6.45, 7) is 2.36. The third-order valence-electron chi connectivity index (χ3n) is 10.2. The smallest absolute Gasteiger partial charge is 0.256 e. The normalized spacial score (nSPS) is 19.5. The number of hydrogen-bond acceptors (Lipinski definition) is 6. The van der Waals surface area contributed by atoms with Crippen molar-refractivity contribution in [3.05, 3.63) is 83.2 Å². The molecule has 0 bridgehead atoms. The molecule has 50 heavy (non-hydrogen) atoms. The van der Waals surface area contributed by atoms with Gasteiger partial charge in [-0.25, -0.2) is 13.8 Å². The van der Waals surface area contributed by atoms with Gasteiger partial charge in [-0.15, -0.1) is 0 Å². The van der Waals surface area contributed by atoms with Crippen LogP contribution in [-0.2, 0) is 13.1 Å². The van der Waals surface area contributed by atoms with Crippen molar-refractivity contribution >= 4 is 33.8 Å². The van der Waals surface area contributed by atoms with Crippen molar-refractivity contribution in [1.29, 1.82) is 5.26 Å². The van der Waals surface area contributed by atoms with Crippen molar-refractivity contribution in [3.63, 3.8) is 0 Å². The predicted molar refractivity (Wildman–Crippen MR) is 184 cm³/mol. The van der Waals surface area contributed by atoms with Crippen molar-refractivity contribution in [3.8, 4) is 23.3 Å². The Labute approximate surface area is 287 Å². The summed E-state index contributed by atoms with van der Waals surface area (Å²) >= 11 is 0. The number of fused-ring (bicyclic) bond motifs is 2. The van der Waals surface area contributed by atoms with E-state index in [4.69, 9.17) is 15.5 Å². The van der Waals surface area contributed by atoms with Gasteiger partial charge in [0.25, 0.3) is 11.8 Å². The van der Waals surface area contributed by atoms with Gasteiger partial charge >= 0.3 is 0 Å². The highest BCUT2D eigenvalue weighted by atomic mass is 19.1. The molecule has 2 amide bonds. The number of hydrogen-bond donors (Lipinski definition) is 1. The van der Waals surface area contributed by atoms with Crippen LogP contribution in [0.25, 0.3) is 33.5 Å². The molecule has 2 aliphatic heterocycles. The SMILES string of the molecule is COc1cc(C(=O)N2C[C@H](N)C[C@@H](F)C2)cc2nc(-c3cc4ccccc4n3CC3CC3)n(CC3CN(C(=O)c4cc(C#N)ccc4F)C3)c12. The van der Waals surface area contributed by atoms with Crippen LogP contribution in [0.2, 0.25) is 0 Å². The highest BCUT2D eigenvalue weighted by Gasteiger charge is 2.35. The Hall–Kier alpha value is -5.28. The number of nitrogens with two attached hydrogens (primary N) is 1. The van der Waals surface area contributed by atoms with Gasteiger partial charge in [0.1, 0.15) is 23.3 Å². The lowest BCUT2D eigenvalue weighted by atomic mass is 9.97. The van der Waals surface area contributed by atoms with Crippen LogP contribution in [0.15, 0.2) is 60.7 Å². The number of nitriles is 1. The van der Waals surface area contributed by atoms with Crippen LogP contribution in [0.3, 0.4) is 0 Å². The minimum Gasteiger partial charge on any atom is -0.494 e. The van der Waals surface area contributed by atoms with E-state index in [2.05, 4.69) is 27.3 Å². The van der Waals surface area contributed by atoms with Gasteiger partial charge in [-0.2, -0.15) is 5.26 Å². The van der Waals surface area contributed by atoms with Crippen LogP contribution in [0.1, 0.15) is 45.5 Å². The number of piperidine rings is 1. The summed E-state index contributed by atoms with van der Waals surface area (Å²) in [5.74, 6) is 0.319. The lowest BCUT2D eigenvalue weighted by molar-refractivity contribution is 0.0466. The fraction of sp³-hybridized carbons (Fsp3) is 0.368. The lowest BCUT2D eigenvalue weighted by Gasteiger charge is -2.40. The summed E-state index contributed by atoms with van der Waals surface area (Å²) in [6, 6.07) is 19.1. The van der Waals surface area contributed by atoms with Gasteiger partial charge in [0, 0.05) is 61.1 Å². The van der Waals surface area contributed by atoms with Crippen LogP contribution < -0.4 is 10.5 Å². The number of nitrogens with zero attached hydrogens (tertiary/aromatic N) is 6. The molecule has 2 saturated heterocycles. The van der Waals surface area contributed by atoms with Crippen LogP contribution in [0.5, 0.6) is 5.75 Å². The molecule has 3 fully saturated rings. The molecule has 8 rings (SSSR count). The number of methoxy groups -OCH3 is 1. The van der Waals surface area contributed by atoms with E-state index in [0.717, 1.165) is 29.2 Å². The molecular weight excluding hydrogens is 640 g/mol. The quantitative estimate of drug-likeness (QED) is 0.236. The Morgan fingerprint density at radius 1 is 0.960 bits per heavy atom. The van der Waals surface area contributed by atoms with Gasteiger partial charge in [-0.1, -0.05) is 18.2 Å². The van der Waals surface area contributed by atoms with Crippen molar-refractivity contribution in [2.75, 3.05) is 33.3 Å². The third kappa shape index (κ3) is 5.75. The number of aromatic nitrogens is 3. The van der Waals surface area contributed by atoms with Gasteiger partial charge in [0.05, 0.1) is 42.1 Å². The van der Waals surface area contributed by atoms with Crippen molar-refractivity contribution in [1.82, 2.24) is 23.9 Å². The molecular formula is C38H37F2N7O3. The highest BCUT2D eigenvalue weighted by Crippen LogP contribution is 2.39. The molecule has 2 aromatic heterocycles. The van der Waals surface area contributed by atoms with E-state index in [9.17, 15) is 23.6 Å². The number of carbonyl (C=O) groups excluding carboxylic acids is 2. The van der Waals surface area contributed by atoms with Crippen LogP contribution in [0.4, 0.5) is 8.78 Å². The number of alkyl halides is 1. The summed E-state index contributed by atoms with van der Waals surface area (Å²) in [6.07, 6.45) is 1.38. The molecule has 10 nitrogen and oxygen atoms in total. The number of para-hydroxylation sites is 1. The predicted octanol–water partition coefficient (Wildman–Crippen LogP) is 5.37. The number of benzene rings is 3. The Bertz CT molecular complexity index is 2180. The van der Waals surface area contributed by atoms with E-state index in [1.165, 1.54) is 29.9 Å². The number of ether oxygens (including phenoxy) is 1. The topological polar surface area (TPSA) is 122 Å². The first-order chi connectivity index (χ1) is 24.2. The first-order valence-corrected chi connectivity index (χ1v) is 17.1. The molecule has 3 aromatic carbocycles. The fourth-order valence-electron chi connectivity index (χ4n) is 7.49. The molecule has 0 unspecified atom stereocenters. The molecule has 12 heteroatoms. The first kappa shape index (κ1) is 32.0. The minimum absolute atomic E-state index is 0.0147. The maximum Gasteiger partial charge on any atom is 0.256 e. The maximum atomic E-state index is 14.6. The van der Waals surface area contributed by atoms with Gasteiger partial charge < -0.3 is 29.4 Å². The van der Waals surface area contributed by atoms with Crippen molar-refractivity contribution in [2.45, 2.75) is 44.6 Å². The zero-order valence-corrected chi connectivity index (χ0v) is 27.7. The molecule has 0 spiro atoms. The first-order valence-electron chi connectivity index (χ1n) is 17.1. The molecule has 1 aliphatic carbocycles. The molecule has 5 aromatic rings. The number of amides is 2. The average Bonchev–Trinajstić information content (AvgIpc) is 3.74. The van der Waals surface area contributed by atoms with E-state index in [1.807, 2.05) is 18.2 Å². The average molecular weight is 678 g/mol. The molecule has 4 heterocycles. The Morgan fingerprint density at radius 3 is 2.46 bits per heavy atom. The molecule has 0 radical (unpaired) electrons. The monoisotopic (exact) mass is 677 g/mol. The molecule has 2 atom stereocenters. The van der Waals surface area contributed by atoms with E-state index in [1.54, 1.807) is 24.1 Å². The molecule has 3 aliphatic rings. The Kier molecular flexibility index (Phi) is 8.02. The summed E-state index contributed by atoms with van der Waals surface area (Å²) in [5, 5.41) is 10.4. The number of rotatable bonds is 8. The number of imidazole rings is 1. The second-order valence-corrected chi connectivity index (χ2v) is 13.9. The van der Waals surface area contributed by atoms with Crippen LogP contribution in [0, 0.1) is 29.0 Å². The number of likely N-dealkylation sites (tertiary alicyclic amines) is 2. The van der Waals surface area contributed by atoms with Gasteiger partial charge in [0.15, 0.2) is 5.82 Å². The summed E-state index contributed by atoms with van der Waals surface area (Å²) in [7, 11) is 1.55. The second kappa shape index (κ2) is 12.6. The molecule has 1 saturated carbocycles. The van der Waals surface area contributed by atoms with Gasteiger partial charge in [-0.05, 0) is 67.6 Å². The van der Waals surface area contributed by atoms with E-state index < -0.39 is 23.9 Å². The summed E-state index contributed by atoms with van der Waals surface area (Å²) < 4.78 is 39.4. The minimum atomic E-state index is -1.19. The number of halogens is 2. The standard InChI is InChI=1S/C38H37F2N7O3/c1-50-34-13-26(37(48)45-20-27(39)14-28(42)21-45)11-31-35(34)47(19-24-16-44(17-24)38(49)29-10-23(15-41)8-9-30(29)40)36(43-31)33-12-25-4-2-3-5-32(25)46(33)18-22-6-7-22/h2-5,8-13,22,24,27-28H,6-7,14,16-21,42H2,1H3/t27-,28-/m1/s1. The third-order valence-corrected chi connectivity index (χ3v) is 10.2. The second-order valence-electron chi connectivity index (χ2n) is 13.9. The summed E-state index contributed by atoms with van der Waals surface area (Å²) in [4.78, 5) is 35.2. The molecule has 2 N–H and O–H groups in total. The maximum absolute atomic E-state index is 14.6. The largest absolute Gasteiger partial charge is 0.494 e. The van der Waals surface area contributed by atoms with E-state index in [0.29, 0.717) is 53.7 Å². The lowest BCUT2D eigenvalue weighted by Crippen LogP contribution is -2.51. The zero-order chi connectivity index (χ0) is 34.7. The van der Waals surface area contributed by atoms with Crippen LogP contribution >= 0.6 is 0 Å². The van der Waals surface area contributed by atoms with E-state index in [-0.39, 0.29) is 42.5 Å². The van der Waals surface area contributed by atoms with Crippen molar-refractivity contribution in [2.24, 2.45) is 17.6 Å². The molecule has 256 valence electrons.